The molecule has 0 radical (unpaired) electrons. The molecule has 1 atom stereocenters. The van der Waals surface area contributed by atoms with Crippen LogP contribution in [0, 0.1) is 6.92 Å². The summed E-state index contributed by atoms with van der Waals surface area (Å²) in [5.41, 5.74) is 1.31. The standard InChI is InChI=1S/C14H18F3N5S/c1-7-10(8-4-5-8)22-23-12(7)21-13(2)19-6-9(14(15,16)17)11(18-3)20-13/h6,8,18,20-21H,4-5H2,1-3H3. The van der Waals surface area contributed by atoms with Crippen molar-refractivity contribution in [1.82, 2.24) is 15.0 Å². The Bertz CT molecular complexity index is 674. The van der Waals surface area contributed by atoms with Crippen LogP contribution in [0.25, 0.3) is 0 Å². The predicted octanol–water partition coefficient (Wildman–Crippen LogP) is 3.08. The predicted molar refractivity (Wildman–Crippen MR) is 84.6 cm³/mol. The van der Waals surface area contributed by atoms with Crippen molar-refractivity contribution in [3.8, 4) is 0 Å². The zero-order chi connectivity index (χ0) is 16.8. The molecule has 1 fully saturated rings. The average molecular weight is 345 g/mol. The molecular formula is C14H18F3N5S. The fraction of sp³-hybridized carbons (Fsp3) is 0.571. The molecule has 1 saturated carbocycles. The zero-order valence-corrected chi connectivity index (χ0v) is 13.8. The summed E-state index contributed by atoms with van der Waals surface area (Å²) < 4.78 is 43.3. The molecule has 1 aliphatic heterocycles. The molecule has 3 rings (SSSR count). The van der Waals surface area contributed by atoms with Crippen LogP contribution in [0.4, 0.5) is 18.2 Å². The molecule has 23 heavy (non-hydrogen) atoms. The Balaban J connectivity index is 1.82. The summed E-state index contributed by atoms with van der Waals surface area (Å²) in [7, 11) is 1.44. The zero-order valence-electron chi connectivity index (χ0n) is 13.0. The minimum atomic E-state index is -4.46. The van der Waals surface area contributed by atoms with Crippen LogP contribution in [-0.2, 0) is 0 Å². The highest BCUT2D eigenvalue weighted by Crippen LogP contribution is 2.44. The molecule has 1 aromatic rings. The Labute approximate surface area is 136 Å². The van der Waals surface area contributed by atoms with Gasteiger partial charge in [-0.3, -0.25) is 0 Å². The van der Waals surface area contributed by atoms with Gasteiger partial charge >= 0.3 is 6.18 Å². The first kappa shape index (κ1) is 16.1. The minimum absolute atomic E-state index is 0.105. The molecule has 5 nitrogen and oxygen atoms in total. The van der Waals surface area contributed by atoms with Gasteiger partial charge in [0, 0.05) is 24.7 Å². The number of allylic oxidation sites excluding steroid dienone is 1. The minimum Gasteiger partial charge on any atom is -0.374 e. The molecule has 0 amide bonds. The lowest BCUT2D eigenvalue weighted by molar-refractivity contribution is -0.0874. The molecule has 1 unspecified atom stereocenters. The molecule has 9 heteroatoms. The number of aromatic nitrogens is 1. The van der Waals surface area contributed by atoms with Crippen LogP contribution in [-0.4, -0.2) is 29.6 Å². The molecule has 0 spiro atoms. The number of nitrogens with one attached hydrogen (secondary N) is 3. The van der Waals surface area contributed by atoms with Gasteiger partial charge in [0.15, 0.2) is 0 Å². The molecule has 0 bridgehead atoms. The summed E-state index contributed by atoms with van der Waals surface area (Å²) in [6.07, 6.45) is -1.30. The largest absolute Gasteiger partial charge is 0.421 e. The molecule has 0 aromatic carbocycles. The van der Waals surface area contributed by atoms with Crippen LogP contribution >= 0.6 is 11.5 Å². The van der Waals surface area contributed by atoms with E-state index in [0.29, 0.717) is 5.92 Å². The first-order valence-electron chi connectivity index (χ1n) is 7.30. The second-order valence-electron chi connectivity index (χ2n) is 5.91. The lowest BCUT2D eigenvalue weighted by atomic mass is 10.2. The monoisotopic (exact) mass is 345 g/mol. The molecule has 1 aliphatic carbocycles. The Morgan fingerprint density at radius 2 is 2.09 bits per heavy atom. The Kier molecular flexibility index (Phi) is 3.78. The van der Waals surface area contributed by atoms with Gasteiger partial charge in [0.05, 0.1) is 5.69 Å². The maximum Gasteiger partial charge on any atom is 0.421 e. The van der Waals surface area contributed by atoms with Crippen LogP contribution in [0.1, 0.15) is 36.9 Å². The summed E-state index contributed by atoms with van der Waals surface area (Å²) >= 11 is 1.32. The summed E-state index contributed by atoms with van der Waals surface area (Å²) in [6.45, 7) is 3.66. The SMILES string of the molecule is CNC1=C(C(F)(F)F)C=NC(C)(Nc2snc(C3CC3)c2C)N1. The highest BCUT2D eigenvalue weighted by atomic mass is 32.1. The lowest BCUT2D eigenvalue weighted by Crippen LogP contribution is -2.52. The maximum atomic E-state index is 13.0. The van der Waals surface area contributed by atoms with E-state index in [9.17, 15) is 13.2 Å². The van der Waals surface area contributed by atoms with E-state index in [1.165, 1.54) is 18.6 Å². The normalized spacial score (nSPS) is 24.6. The van der Waals surface area contributed by atoms with Crippen molar-refractivity contribution in [1.29, 1.82) is 0 Å². The van der Waals surface area contributed by atoms with E-state index in [1.54, 1.807) is 6.92 Å². The topological polar surface area (TPSA) is 61.3 Å². The number of nitrogens with zero attached hydrogens (tertiary/aromatic N) is 2. The van der Waals surface area contributed by atoms with Gasteiger partial charge in [0.25, 0.3) is 0 Å². The molecule has 0 saturated heterocycles. The van der Waals surface area contributed by atoms with E-state index < -0.39 is 17.5 Å². The third kappa shape index (κ3) is 3.15. The van der Waals surface area contributed by atoms with Gasteiger partial charge < -0.3 is 16.0 Å². The molecule has 126 valence electrons. The summed E-state index contributed by atoms with van der Waals surface area (Å²) in [6, 6.07) is 0. The highest BCUT2D eigenvalue weighted by molar-refractivity contribution is 7.10. The van der Waals surface area contributed by atoms with Gasteiger partial charge in [0.1, 0.15) is 16.4 Å². The Morgan fingerprint density at radius 3 is 2.65 bits per heavy atom. The molecule has 3 N–H and O–H groups in total. The van der Waals surface area contributed by atoms with Gasteiger partial charge in [0.2, 0.25) is 5.79 Å². The second-order valence-corrected chi connectivity index (χ2v) is 6.69. The Hall–Kier alpha value is -1.77. The molecule has 2 aliphatic rings. The van der Waals surface area contributed by atoms with Crippen molar-refractivity contribution in [2.45, 2.75) is 44.6 Å². The van der Waals surface area contributed by atoms with Crippen molar-refractivity contribution in [2.24, 2.45) is 4.99 Å². The third-order valence-corrected chi connectivity index (χ3v) is 4.80. The van der Waals surface area contributed by atoms with Gasteiger partial charge in [-0.2, -0.15) is 17.5 Å². The van der Waals surface area contributed by atoms with E-state index in [1.807, 2.05) is 6.92 Å². The number of rotatable bonds is 4. The number of alkyl halides is 3. The van der Waals surface area contributed by atoms with Crippen LogP contribution in [0.2, 0.25) is 0 Å². The van der Waals surface area contributed by atoms with E-state index in [4.69, 9.17) is 0 Å². The maximum absolute atomic E-state index is 13.0. The highest BCUT2D eigenvalue weighted by Gasteiger charge is 2.40. The van der Waals surface area contributed by atoms with E-state index in [2.05, 4.69) is 25.3 Å². The van der Waals surface area contributed by atoms with Crippen molar-refractivity contribution in [2.75, 3.05) is 12.4 Å². The number of halogens is 3. The first-order chi connectivity index (χ1) is 10.7. The summed E-state index contributed by atoms with van der Waals surface area (Å²) in [5, 5.41) is 9.33. The number of hydrogen-bond donors (Lipinski definition) is 3. The summed E-state index contributed by atoms with van der Waals surface area (Å²) in [5.74, 6) is -0.639. The number of hydrogen-bond acceptors (Lipinski definition) is 6. The van der Waals surface area contributed by atoms with Gasteiger partial charge in [-0.05, 0) is 38.2 Å². The second kappa shape index (κ2) is 5.40. The van der Waals surface area contributed by atoms with Crippen LogP contribution in [0.5, 0.6) is 0 Å². The van der Waals surface area contributed by atoms with Crippen molar-refractivity contribution in [3.63, 3.8) is 0 Å². The molecule has 2 heterocycles. The van der Waals surface area contributed by atoms with Crippen LogP contribution in [0.3, 0.4) is 0 Å². The molecule has 1 aromatic heterocycles. The van der Waals surface area contributed by atoms with Crippen molar-refractivity contribution < 1.29 is 13.2 Å². The fourth-order valence-electron chi connectivity index (χ4n) is 2.50. The van der Waals surface area contributed by atoms with Gasteiger partial charge in [-0.1, -0.05) is 0 Å². The average Bonchev–Trinajstić information content (AvgIpc) is 3.24. The van der Waals surface area contributed by atoms with Gasteiger partial charge in [-0.15, -0.1) is 0 Å². The van der Waals surface area contributed by atoms with Crippen LogP contribution in [0.15, 0.2) is 16.4 Å². The fourth-order valence-corrected chi connectivity index (χ4v) is 3.46. The smallest absolute Gasteiger partial charge is 0.374 e. The van der Waals surface area contributed by atoms with Crippen LogP contribution < -0.4 is 16.0 Å². The van der Waals surface area contributed by atoms with E-state index in [-0.39, 0.29) is 5.82 Å². The van der Waals surface area contributed by atoms with Crippen molar-refractivity contribution in [3.05, 3.63) is 22.7 Å². The van der Waals surface area contributed by atoms with Gasteiger partial charge in [-0.25, -0.2) is 4.99 Å². The van der Waals surface area contributed by atoms with E-state index in [0.717, 1.165) is 35.3 Å². The quantitative estimate of drug-likeness (QED) is 0.785. The lowest BCUT2D eigenvalue weighted by Gasteiger charge is -2.34. The first-order valence-corrected chi connectivity index (χ1v) is 8.08. The van der Waals surface area contributed by atoms with Crippen molar-refractivity contribution >= 4 is 22.7 Å². The molecular weight excluding hydrogens is 327 g/mol. The van der Waals surface area contributed by atoms with E-state index >= 15 is 0 Å². The third-order valence-electron chi connectivity index (χ3n) is 3.93. The number of aliphatic imine (C=N–C) groups is 1. The Morgan fingerprint density at radius 1 is 1.39 bits per heavy atom. The summed E-state index contributed by atoms with van der Waals surface area (Å²) in [4.78, 5) is 4.03. The number of anilines is 1.